The molecular weight excluding hydrogens is 479 g/mol. The molecule has 1 unspecified atom stereocenters. The predicted molar refractivity (Wildman–Crippen MR) is 142 cm³/mol. The van der Waals surface area contributed by atoms with Crippen LogP contribution in [0, 0.1) is 0 Å². The van der Waals surface area contributed by atoms with Crippen molar-refractivity contribution in [2.45, 2.75) is 29.9 Å². The first-order valence-electron chi connectivity index (χ1n) is 10.7. The van der Waals surface area contributed by atoms with Gasteiger partial charge >= 0.3 is 0 Å². The summed E-state index contributed by atoms with van der Waals surface area (Å²) < 4.78 is 6.67. The third-order valence-electron chi connectivity index (χ3n) is 5.47. The Morgan fingerprint density at radius 2 is 1.94 bits per heavy atom. The van der Waals surface area contributed by atoms with Crippen LogP contribution in [0.15, 0.2) is 58.4 Å². The maximum Gasteiger partial charge on any atom is 0.185 e. The number of nitrogens with two attached hydrogens (primary N) is 2. The van der Waals surface area contributed by atoms with Crippen molar-refractivity contribution in [1.29, 1.82) is 0 Å². The summed E-state index contributed by atoms with van der Waals surface area (Å²) in [5.74, 6) is 1.79. The van der Waals surface area contributed by atoms with Crippen LogP contribution < -0.4 is 11.5 Å². The van der Waals surface area contributed by atoms with E-state index in [1.807, 2.05) is 18.2 Å². The lowest BCUT2D eigenvalue weighted by Gasteiger charge is -2.31. The molecule has 1 aliphatic heterocycles. The molecule has 0 spiro atoms. The zero-order valence-electron chi connectivity index (χ0n) is 18.6. The second-order valence-corrected chi connectivity index (χ2v) is 9.05. The fraction of sp³-hybridized carbons (Fsp3) is 0.391. The number of likely N-dealkylation sites (tertiary alicyclic amines) is 1. The van der Waals surface area contributed by atoms with Crippen molar-refractivity contribution in [3.63, 3.8) is 0 Å². The number of halogens is 2. The Balaban J connectivity index is 0.00000193. The summed E-state index contributed by atoms with van der Waals surface area (Å²) in [5.41, 5.74) is 13.9. The Hall–Kier alpha value is -1.97. The van der Waals surface area contributed by atoms with Gasteiger partial charge in [0.05, 0.1) is 23.7 Å². The molecule has 33 heavy (non-hydrogen) atoms. The SMILES string of the molecule is CN1CCC(OC(c2cccc(SCCN=C(N)N)c2)c2nc3ccccc3[nH]2)CC1.Cl.Cl. The molecule has 5 N–H and O–H groups in total. The molecule has 0 saturated carbocycles. The van der Waals surface area contributed by atoms with E-state index in [4.69, 9.17) is 21.2 Å². The average molecular weight is 512 g/mol. The first kappa shape index (κ1) is 27.3. The monoisotopic (exact) mass is 510 g/mol. The molecule has 1 aromatic heterocycles. The topological polar surface area (TPSA) is 106 Å². The minimum atomic E-state index is -0.237. The van der Waals surface area contributed by atoms with E-state index in [1.165, 1.54) is 0 Å². The smallest absolute Gasteiger partial charge is 0.185 e. The summed E-state index contributed by atoms with van der Waals surface area (Å²) in [6, 6.07) is 16.6. The molecule has 180 valence electrons. The van der Waals surface area contributed by atoms with Gasteiger partial charge in [0.1, 0.15) is 11.9 Å². The Kier molecular flexibility index (Phi) is 10.8. The number of benzene rings is 2. The van der Waals surface area contributed by atoms with Crippen LogP contribution in [0.25, 0.3) is 11.0 Å². The van der Waals surface area contributed by atoms with Crippen LogP contribution >= 0.6 is 36.6 Å². The number of H-pyrrole nitrogens is 1. The molecule has 3 aromatic rings. The maximum absolute atomic E-state index is 6.67. The molecule has 7 nitrogen and oxygen atoms in total. The van der Waals surface area contributed by atoms with Gasteiger partial charge in [0.25, 0.3) is 0 Å². The van der Waals surface area contributed by atoms with Gasteiger partial charge in [-0.2, -0.15) is 0 Å². The van der Waals surface area contributed by atoms with Crippen molar-refractivity contribution < 1.29 is 4.74 Å². The molecule has 2 heterocycles. The number of imidazole rings is 1. The van der Waals surface area contributed by atoms with E-state index in [9.17, 15) is 0 Å². The number of fused-ring (bicyclic) bond motifs is 1. The number of aliphatic imine (C=N–C) groups is 1. The highest BCUT2D eigenvalue weighted by Crippen LogP contribution is 2.32. The van der Waals surface area contributed by atoms with E-state index < -0.39 is 0 Å². The first-order valence-corrected chi connectivity index (χ1v) is 11.6. The molecule has 0 amide bonds. The molecule has 2 aromatic carbocycles. The van der Waals surface area contributed by atoms with E-state index in [-0.39, 0.29) is 43.0 Å². The molecule has 0 bridgehead atoms. The lowest BCUT2D eigenvalue weighted by molar-refractivity contribution is -0.0264. The Morgan fingerprint density at radius 3 is 2.67 bits per heavy atom. The van der Waals surface area contributed by atoms with Crippen molar-refractivity contribution in [2.75, 3.05) is 32.4 Å². The molecule has 1 atom stereocenters. The van der Waals surface area contributed by atoms with E-state index in [0.29, 0.717) is 6.54 Å². The summed E-state index contributed by atoms with van der Waals surface area (Å²) >= 11 is 1.73. The van der Waals surface area contributed by atoms with Crippen molar-refractivity contribution in [3.8, 4) is 0 Å². The number of hydrogen-bond acceptors (Lipinski definition) is 5. The molecule has 1 fully saturated rings. The van der Waals surface area contributed by atoms with Crippen LogP contribution in [0.2, 0.25) is 0 Å². The van der Waals surface area contributed by atoms with Crippen LogP contribution in [0.1, 0.15) is 30.3 Å². The van der Waals surface area contributed by atoms with Gasteiger partial charge in [-0.3, -0.25) is 4.99 Å². The maximum atomic E-state index is 6.67. The number of rotatable bonds is 8. The minimum absolute atomic E-state index is 0. The molecule has 1 saturated heterocycles. The van der Waals surface area contributed by atoms with Crippen molar-refractivity contribution in [2.24, 2.45) is 16.5 Å². The number of para-hydroxylation sites is 2. The van der Waals surface area contributed by atoms with E-state index >= 15 is 0 Å². The van der Waals surface area contributed by atoms with E-state index in [1.54, 1.807) is 11.8 Å². The number of guanidine groups is 1. The van der Waals surface area contributed by atoms with Crippen LogP contribution in [-0.2, 0) is 4.74 Å². The summed E-state index contributed by atoms with van der Waals surface area (Å²) in [6.07, 6.45) is 2.03. The summed E-state index contributed by atoms with van der Waals surface area (Å²) in [7, 11) is 2.16. The van der Waals surface area contributed by atoms with E-state index in [2.05, 4.69) is 52.3 Å². The van der Waals surface area contributed by atoms with Crippen molar-refractivity contribution in [3.05, 3.63) is 59.9 Å². The molecule has 4 rings (SSSR count). The minimum Gasteiger partial charge on any atom is -0.370 e. The van der Waals surface area contributed by atoms with Crippen LogP contribution in [0.5, 0.6) is 0 Å². The zero-order valence-corrected chi connectivity index (χ0v) is 21.1. The van der Waals surface area contributed by atoms with Gasteiger partial charge in [-0.15, -0.1) is 36.6 Å². The number of thioether (sulfide) groups is 1. The van der Waals surface area contributed by atoms with Crippen molar-refractivity contribution in [1.82, 2.24) is 14.9 Å². The van der Waals surface area contributed by atoms with Crippen molar-refractivity contribution >= 4 is 53.6 Å². The highest BCUT2D eigenvalue weighted by molar-refractivity contribution is 7.99. The van der Waals surface area contributed by atoms with Gasteiger partial charge in [0.2, 0.25) is 0 Å². The van der Waals surface area contributed by atoms with E-state index in [0.717, 1.165) is 59.0 Å². The zero-order chi connectivity index (χ0) is 21.6. The first-order chi connectivity index (χ1) is 15.1. The lowest BCUT2D eigenvalue weighted by Crippen LogP contribution is -2.35. The molecule has 0 aliphatic carbocycles. The standard InChI is InChI=1S/C23H30N6OS.2ClH/c1-29-12-9-17(10-13-29)30-21(22-27-19-7-2-3-8-20(19)28-22)16-5-4-6-18(15-16)31-14-11-26-23(24)25;;/h2-8,15,17,21H,9-14H2,1H3,(H,27,28)(H4,24,25,26);2*1H. The number of ether oxygens (including phenoxy) is 1. The third-order valence-corrected chi connectivity index (χ3v) is 6.44. The second-order valence-electron chi connectivity index (χ2n) is 7.89. The average Bonchev–Trinajstić information content (AvgIpc) is 3.20. The van der Waals surface area contributed by atoms with Gasteiger partial charge < -0.3 is 26.1 Å². The number of aromatic nitrogens is 2. The fourth-order valence-corrected chi connectivity index (χ4v) is 4.63. The normalized spacial score (nSPS) is 15.4. The lowest BCUT2D eigenvalue weighted by atomic mass is 10.1. The number of piperidine rings is 1. The number of aromatic amines is 1. The van der Waals surface area contributed by atoms with Crippen LogP contribution in [0.4, 0.5) is 0 Å². The highest BCUT2D eigenvalue weighted by atomic mass is 35.5. The quantitative estimate of drug-likeness (QED) is 0.183. The molecular formula is C23H32Cl2N6OS. The van der Waals surface area contributed by atoms with Gasteiger partial charge in [-0.05, 0) is 49.7 Å². The number of nitrogens with one attached hydrogen (secondary N) is 1. The van der Waals surface area contributed by atoms with Crippen LogP contribution in [0.3, 0.4) is 0 Å². The Labute approximate surface area is 211 Å². The van der Waals surface area contributed by atoms with Gasteiger partial charge in [-0.1, -0.05) is 24.3 Å². The highest BCUT2D eigenvalue weighted by Gasteiger charge is 2.26. The summed E-state index contributed by atoms with van der Waals surface area (Å²) in [6.45, 7) is 2.70. The summed E-state index contributed by atoms with van der Waals surface area (Å²) in [4.78, 5) is 15.9. The third kappa shape index (κ3) is 7.52. The molecule has 0 radical (unpaired) electrons. The number of hydrogen-bond donors (Lipinski definition) is 3. The fourth-order valence-electron chi connectivity index (χ4n) is 3.82. The largest absolute Gasteiger partial charge is 0.370 e. The van der Waals surface area contributed by atoms with Crippen LogP contribution in [-0.4, -0.2) is 59.4 Å². The Morgan fingerprint density at radius 1 is 1.18 bits per heavy atom. The summed E-state index contributed by atoms with van der Waals surface area (Å²) in [5, 5.41) is 0. The molecule has 10 heteroatoms. The molecule has 1 aliphatic rings. The number of nitrogens with zero attached hydrogens (tertiary/aromatic N) is 3. The predicted octanol–water partition coefficient (Wildman–Crippen LogP) is 3.97. The van der Waals surface area contributed by atoms with Gasteiger partial charge in [0, 0.05) is 23.7 Å². The second kappa shape index (κ2) is 13.1. The van der Waals surface area contributed by atoms with Gasteiger partial charge in [-0.25, -0.2) is 4.98 Å². The Bertz CT molecular complexity index is 1000. The van der Waals surface area contributed by atoms with Gasteiger partial charge in [0.15, 0.2) is 5.96 Å².